The van der Waals surface area contributed by atoms with Crippen molar-refractivity contribution in [1.29, 1.82) is 5.26 Å². The monoisotopic (exact) mass is 486 g/mol. The van der Waals surface area contributed by atoms with Crippen LogP contribution >= 0.6 is 15.9 Å². The molecule has 1 unspecified atom stereocenters. The van der Waals surface area contributed by atoms with E-state index in [1.807, 2.05) is 55.5 Å². The number of hydrogen-bond donors (Lipinski definition) is 1. The summed E-state index contributed by atoms with van der Waals surface area (Å²) >= 11 is 3.56. The lowest BCUT2D eigenvalue weighted by Crippen LogP contribution is -2.21. The average molecular weight is 487 g/mol. The number of benzene rings is 3. The summed E-state index contributed by atoms with van der Waals surface area (Å²) in [5, 5.41) is 9.69. The molecule has 1 atom stereocenters. The van der Waals surface area contributed by atoms with Gasteiger partial charge in [-0.25, -0.2) is 4.79 Å². The van der Waals surface area contributed by atoms with Gasteiger partial charge in [-0.15, -0.1) is 0 Å². The number of nitriles is 1. The highest BCUT2D eigenvalue weighted by Gasteiger charge is 2.32. The molecule has 4 rings (SSSR count). The van der Waals surface area contributed by atoms with Crippen LogP contribution in [0, 0.1) is 18.3 Å². The zero-order valence-electron chi connectivity index (χ0n) is 17.2. The van der Waals surface area contributed by atoms with E-state index in [1.54, 1.807) is 24.3 Å². The number of ether oxygens (including phenoxy) is 2. The van der Waals surface area contributed by atoms with Crippen molar-refractivity contribution in [1.82, 2.24) is 0 Å². The van der Waals surface area contributed by atoms with Crippen LogP contribution in [0.5, 0.6) is 11.5 Å². The van der Waals surface area contributed by atoms with Gasteiger partial charge in [0.05, 0.1) is 5.92 Å². The van der Waals surface area contributed by atoms with E-state index in [4.69, 9.17) is 15.2 Å². The number of nitrogens with two attached hydrogens (primary N) is 1. The Hall–Kier alpha value is -3.82. The minimum Gasteiger partial charge on any atom is -0.440 e. The molecular weight excluding hydrogens is 468 g/mol. The van der Waals surface area contributed by atoms with Gasteiger partial charge in [0.15, 0.2) is 0 Å². The molecule has 158 valence electrons. The molecule has 1 aliphatic rings. The Morgan fingerprint density at radius 2 is 1.88 bits per heavy atom. The number of carbonyl (C=O) groups excluding carboxylic acids is 1. The van der Waals surface area contributed by atoms with Crippen LogP contribution < -0.4 is 15.2 Å². The normalized spacial score (nSPS) is 15.1. The summed E-state index contributed by atoms with van der Waals surface area (Å²) in [6.07, 6.45) is 3.07. The molecule has 0 aliphatic carbocycles. The summed E-state index contributed by atoms with van der Waals surface area (Å²) in [7, 11) is 0. The first-order valence-electron chi connectivity index (χ1n) is 9.89. The third-order valence-electron chi connectivity index (χ3n) is 5.11. The van der Waals surface area contributed by atoms with Crippen molar-refractivity contribution >= 4 is 28.0 Å². The van der Waals surface area contributed by atoms with Gasteiger partial charge >= 0.3 is 5.97 Å². The summed E-state index contributed by atoms with van der Waals surface area (Å²) in [5.74, 6) is -0.115. The molecule has 32 heavy (non-hydrogen) atoms. The molecule has 0 saturated carbocycles. The predicted molar refractivity (Wildman–Crippen MR) is 126 cm³/mol. The van der Waals surface area contributed by atoms with Crippen molar-refractivity contribution in [3.05, 3.63) is 111 Å². The molecule has 0 amide bonds. The number of nitrogens with zero attached hydrogens (tertiary/aromatic N) is 1. The largest absolute Gasteiger partial charge is 0.440 e. The van der Waals surface area contributed by atoms with Crippen molar-refractivity contribution in [2.75, 3.05) is 0 Å². The van der Waals surface area contributed by atoms with Gasteiger partial charge in [-0.1, -0.05) is 70.0 Å². The van der Waals surface area contributed by atoms with Crippen LogP contribution in [-0.2, 0) is 4.79 Å². The average Bonchev–Trinajstić information content (AvgIpc) is 2.78. The highest BCUT2D eigenvalue weighted by molar-refractivity contribution is 9.10. The van der Waals surface area contributed by atoms with E-state index in [1.165, 1.54) is 6.08 Å². The van der Waals surface area contributed by atoms with Gasteiger partial charge in [-0.3, -0.25) is 0 Å². The maximum atomic E-state index is 12.3. The molecule has 0 radical (unpaired) electrons. The Balaban J connectivity index is 1.60. The fourth-order valence-electron chi connectivity index (χ4n) is 3.52. The summed E-state index contributed by atoms with van der Waals surface area (Å²) in [6, 6.07) is 22.7. The maximum absolute atomic E-state index is 12.3. The second-order valence-electron chi connectivity index (χ2n) is 7.31. The van der Waals surface area contributed by atoms with Gasteiger partial charge < -0.3 is 15.2 Å². The topological polar surface area (TPSA) is 85.3 Å². The second-order valence-corrected chi connectivity index (χ2v) is 8.17. The predicted octanol–water partition coefficient (Wildman–Crippen LogP) is 5.59. The van der Waals surface area contributed by atoms with Crippen LogP contribution in [0.1, 0.15) is 28.2 Å². The first-order valence-corrected chi connectivity index (χ1v) is 10.7. The molecule has 6 heteroatoms. The number of aryl methyl sites for hydroxylation is 1. The Morgan fingerprint density at radius 3 is 2.59 bits per heavy atom. The lowest BCUT2D eigenvalue weighted by molar-refractivity contribution is -0.128. The van der Waals surface area contributed by atoms with Crippen LogP contribution in [0.15, 0.2) is 88.7 Å². The third kappa shape index (κ3) is 4.43. The molecular formula is C26H19BrN2O3. The molecule has 0 bridgehead atoms. The number of halogens is 1. The maximum Gasteiger partial charge on any atom is 0.336 e. The standard InChI is InChI=1S/C26H19BrN2O3/c1-16-6-8-17(9-7-16)10-13-24(30)31-18-11-12-20-23(14-18)32-26(29)21(15-28)25(20)19-4-2-3-5-22(19)27/h2-14,25H,29H2,1H3/b13-10+. The molecule has 0 saturated heterocycles. The van der Waals surface area contributed by atoms with Gasteiger partial charge in [0.25, 0.3) is 0 Å². The van der Waals surface area contributed by atoms with Crippen molar-refractivity contribution in [2.24, 2.45) is 5.73 Å². The lowest BCUT2D eigenvalue weighted by Gasteiger charge is -2.27. The zero-order chi connectivity index (χ0) is 22.7. The van der Waals surface area contributed by atoms with Crippen molar-refractivity contribution in [3.63, 3.8) is 0 Å². The van der Waals surface area contributed by atoms with Gasteiger partial charge in [0, 0.05) is 22.2 Å². The Bertz CT molecular complexity index is 1290. The van der Waals surface area contributed by atoms with Crippen LogP contribution in [0.2, 0.25) is 0 Å². The van der Waals surface area contributed by atoms with E-state index in [2.05, 4.69) is 22.0 Å². The summed E-state index contributed by atoms with van der Waals surface area (Å²) in [5.41, 5.74) is 10.1. The number of esters is 1. The fourth-order valence-corrected chi connectivity index (χ4v) is 4.03. The SMILES string of the molecule is Cc1ccc(/C=C/C(=O)Oc2ccc3c(c2)OC(N)=C(C#N)C3c2ccccc2Br)cc1. The van der Waals surface area contributed by atoms with Gasteiger partial charge in [0.1, 0.15) is 23.1 Å². The summed E-state index contributed by atoms with van der Waals surface area (Å²) in [6.45, 7) is 2.00. The summed E-state index contributed by atoms with van der Waals surface area (Å²) in [4.78, 5) is 12.3. The van der Waals surface area contributed by atoms with E-state index in [-0.39, 0.29) is 5.88 Å². The number of allylic oxidation sites excluding steroid dienone is 1. The first kappa shape index (κ1) is 21.4. The van der Waals surface area contributed by atoms with Crippen molar-refractivity contribution in [2.45, 2.75) is 12.8 Å². The van der Waals surface area contributed by atoms with Gasteiger partial charge in [0.2, 0.25) is 5.88 Å². The Morgan fingerprint density at radius 1 is 1.12 bits per heavy atom. The molecule has 2 N–H and O–H groups in total. The molecule has 3 aromatic carbocycles. The fraction of sp³-hybridized carbons (Fsp3) is 0.0769. The number of hydrogen-bond acceptors (Lipinski definition) is 5. The van der Waals surface area contributed by atoms with Crippen LogP contribution in [-0.4, -0.2) is 5.97 Å². The molecule has 0 spiro atoms. The quantitative estimate of drug-likeness (QED) is 0.295. The number of fused-ring (bicyclic) bond motifs is 1. The first-order chi connectivity index (χ1) is 15.5. The molecule has 3 aromatic rings. The number of rotatable bonds is 4. The van der Waals surface area contributed by atoms with Gasteiger partial charge in [-0.05, 0) is 36.3 Å². The summed E-state index contributed by atoms with van der Waals surface area (Å²) < 4.78 is 12.0. The second kappa shape index (κ2) is 9.13. The zero-order valence-corrected chi connectivity index (χ0v) is 18.8. The van der Waals surface area contributed by atoms with Crippen LogP contribution in [0.4, 0.5) is 0 Å². The minimum atomic E-state index is -0.509. The molecule has 5 nitrogen and oxygen atoms in total. The Labute approximate surface area is 194 Å². The highest BCUT2D eigenvalue weighted by atomic mass is 79.9. The minimum absolute atomic E-state index is 0.0310. The molecule has 1 aliphatic heterocycles. The Kier molecular flexibility index (Phi) is 6.11. The molecule has 0 fully saturated rings. The van der Waals surface area contributed by atoms with Crippen LogP contribution in [0.3, 0.4) is 0 Å². The van der Waals surface area contributed by atoms with E-state index < -0.39 is 11.9 Å². The van der Waals surface area contributed by atoms with Crippen LogP contribution in [0.25, 0.3) is 6.08 Å². The van der Waals surface area contributed by atoms with Crippen molar-refractivity contribution < 1.29 is 14.3 Å². The van der Waals surface area contributed by atoms with E-state index in [0.717, 1.165) is 26.7 Å². The van der Waals surface area contributed by atoms with E-state index in [9.17, 15) is 10.1 Å². The third-order valence-corrected chi connectivity index (χ3v) is 5.84. The van der Waals surface area contributed by atoms with Crippen molar-refractivity contribution in [3.8, 4) is 17.6 Å². The van der Waals surface area contributed by atoms with Gasteiger partial charge in [-0.2, -0.15) is 5.26 Å². The molecule has 1 heterocycles. The lowest BCUT2D eigenvalue weighted by atomic mass is 9.83. The highest BCUT2D eigenvalue weighted by Crippen LogP contribution is 2.45. The van der Waals surface area contributed by atoms with E-state index >= 15 is 0 Å². The van der Waals surface area contributed by atoms with E-state index in [0.29, 0.717) is 17.1 Å². The molecule has 0 aromatic heterocycles. The smallest absolute Gasteiger partial charge is 0.336 e. The number of carbonyl (C=O) groups is 1.